The van der Waals surface area contributed by atoms with E-state index in [1.165, 1.54) is 12.8 Å². The Morgan fingerprint density at radius 2 is 1.16 bits per heavy atom. The van der Waals surface area contributed by atoms with Gasteiger partial charge in [0.05, 0.1) is 36.4 Å². The van der Waals surface area contributed by atoms with E-state index in [0.29, 0.717) is 41.2 Å². The average molecular weight is 731 g/mol. The Bertz CT molecular complexity index is 2480. The molecule has 1 amide bonds. The molecular formula is C45H42N6O4. The van der Waals surface area contributed by atoms with Crippen LogP contribution in [0.3, 0.4) is 0 Å². The third-order valence-corrected chi connectivity index (χ3v) is 8.90. The smallest absolute Gasteiger partial charge is 0.211 e. The summed E-state index contributed by atoms with van der Waals surface area (Å²) < 4.78 is 19.6. The number of carbonyl (C=O) groups is 1. The van der Waals surface area contributed by atoms with Crippen molar-refractivity contribution >= 4 is 39.6 Å². The normalized spacial score (nSPS) is 11.2. The zero-order chi connectivity index (χ0) is 39.2. The van der Waals surface area contributed by atoms with Crippen LogP contribution >= 0.6 is 0 Å². The maximum atomic E-state index is 10.5. The number of aromatic nitrogens is 2. The largest absolute Gasteiger partial charge is 0.497 e. The molecule has 1 fully saturated rings. The maximum Gasteiger partial charge on any atom is 0.211 e. The summed E-state index contributed by atoms with van der Waals surface area (Å²) in [5, 5.41) is 23.6. The van der Waals surface area contributed by atoms with Crippen LogP contribution in [0.25, 0.3) is 21.8 Å². The first-order valence-electron chi connectivity index (χ1n) is 17.9. The minimum absolute atomic E-state index is 0.566. The molecule has 276 valence electrons. The quantitative estimate of drug-likeness (QED) is 0.101. The van der Waals surface area contributed by atoms with E-state index in [-0.39, 0.29) is 0 Å². The lowest BCUT2D eigenvalue weighted by molar-refractivity contribution is -0.105. The molecule has 3 heterocycles. The maximum absolute atomic E-state index is 10.5. The summed E-state index contributed by atoms with van der Waals surface area (Å²) in [6, 6.07) is 30.5. The summed E-state index contributed by atoms with van der Waals surface area (Å²) in [5.41, 5.74) is 13.2. The molecule has 0 bridgehead atoms. The molecule has 10 heteroatoms. The van der Waals surface area contributed by atoms with Crippen LogP contribution in [-0.2, 0) is 22.6 Å². The molecule has 0 saturated carbocycles. The number of aryl methyl sites for hydroxylation is 2. The molecule has 10 nitrogen and oxygen atoms in total. The molecule has 2 aromatic heterocycles. The lowest BCUT2D eigenvalue weighted by Crippen LogP contribution is -1.98. The van der Waals surface area contributed by atoms with Crippen molar-refractivity contribution in [3.8, 4) is 47.3 Å². The van der Waals surface area contributed by atoms with Gasteiger partial charge >= 0.3 is 0 Å². The number of nitrogens with two attached hydrogens (primary N) is 1. The van der Waals surface area contributed by atoms with Gasteiger partial charge in [0.2, 0.25) is 6.41 Å². The van der Waals surface area contributed by atoms with Gasteiger partial charge in [-0.3, -0.25) is 4.79 Å². The number of ether oxygens (including phenoxy) is 3. The van der Waals surface area contributed by atoms with E-state index >= 15 is 0 Å². The Morgan fingerprint density at radius 3 is 1.53 bits per heavy atom. The third-order valence-electron chi connectivity index (χ3n) is 8.90. The average Bonchev–Trinajstić information content (AvgIpc) is 3.97. The lowest BCUT2D eigenvalue weighted by Gasteiger charge is -2.04. The first-order chi connectivity index (χ1) is 26.9. The Hall–Kier alpha value is -7.11. The summed E-state index contributed by atoms with van der Waals surface area (Å²) in [6.07, 6.45) is 3.19. The molecule has 0 radical (unpaired) electrons. The Labute approximate surface area is 321 Å². The Kier molecular flexibility index (Phi) is 13.6. The van der Waals surface area contributed by atoms with Crippen LogP contribution in [0.4, 0.5) is 11.4 Å². The number of fused-ring (bicyclic) bond motifs is 2. The summed E-state index contributed by atoms with van der Waals surface area (Å²) in [6.45, 7) is 7.47. The summed E-state index contributed by atoms with van der Waals surface area (Å²) >= 11 is 0. The summed E-state index contributed by atoms with van der Waals surface area (Å²) in [5.74, 6) is 14.0. The molecule has 1 saturated heterocycles. The van der Waals surface area contributed by atoms with Gasteiger partial charge < -0.3 is 34.4 Å². The summed E-state index contributed by atoms with van der Waals surface area (Å²) in [7, 11) is 3.25. The van der Waals surface area contributed by atoms with Crippen molar-refractivity contribution in [2.45, 2.75) is 39.8 Å². The van der Waals surface area contributed by atoms with Gasteiger partial charge in [-0.1, -0.05) is 11.8 Å². The van der Waals surface area contributed by atoms with E-state index in [0.717, 1.165) is 69.9 Å². The number of rotatable bonds is 6. The Balaban J connectivity index is 0.000000187. The van der Waals surface area contributed by atoms with Gasteiger partial charge in [0.15, 0.2) is 0 Å². The van der Waals surface area contributed by atoms with Crippen molar-refractivity contribution in [1.82, 2.24) is 9.13 Å². The van der Waals surface area contributed by atoms with Crippen molar-refractivity contribution in [2.24, 2.45) is 0 Å². The minimum Gasteiger partial charge on any atom is -0.497 e. The molecule has 0 unspecified atom stereocenters. The second-order valence-electron chi connectivity index (χ2n) is 12.2. The fourth-order valence-electron chi connectivity index (χ4n) is 6.11. The number of carbonyl (C=O) groups excluding carboxylic acids is 1. The molecular weight excluding hydrogens is 689 g/mol. The van der Waals surface area contributed by atoms with Crippen molar-refractivity contribution in [3.05, 3.63) is 119 Å². The minimum atomic E-state index is 0.566. The second-order valence-corrected chi connectivity index (χ2v) is 12.2. The number of benzene rings is 4. The number of anilines is 2. The lowest BCUT2D eigenvalue weighted by atomic mass is 10.1. The summed E-state index contributed by atoms with van der Waals surface area (Å²) in [4.78, 5) is 10.5. The molecule has 6 aromatic rings. The fourth-order valence-corrected chi connectivity index (χ4v) is 6.11. The van der Waals surface area contributed by atoms with Crippen molar-refractivity contribution in [3.63, 3.8) is 0 Å². The van der Waals surface area contributed by atoms with E-state index in [9.17, 15) is 15.3 Å². The standard InChI is InChI=1S/C21H17N3O2.C20H17N3O.C4H8O/c1-3-24-20(11-6-15-4-7-16(8-5-15)23-14-25)19(13-22)18-10-9-17(26-2)12-21(18)24;1-3-23-19(11-6-14-4-7-15(22)8-5-14)18(13-21)17-10-9-16(24-2)12-20(17)23;1-2-4-5-3-1/h4-5,7-10,12,14H,3H2,1-2H3,(H,23,25);4-5,7-10,12H,3,22H2,1-2H3;1-4H2. The predicted molar refractivity (Wildman–Crippen MR) is 217 cm³/mol. The van der Waals surface area contributed by atoms with Crippen molar-refractivity contribution in [2.75, 3.05) is 38.5 Å². The van der Waals surface area contributed by atoms with E-state index in [1.807, 2.05) is 95.8 Å². The highest BCUT2D eigenvalue weighted by Crippen LogP contribution is 2.30. The van der Waals surface area contributed by atoms with Crippen molar-refractivity contribution in [1.29, 1.82) is 10.5 Å². The van der Waals surface area contributed by atoms with E-state index < -0.39 is 0 Å². The first kappa shape index (κ1) is 39.1. The molecule has 7 rings (SSSR count). The number of nitrogens with one attached hydrogen (secondary N) is 1. The number of hydrogen-bond acceptors (Lipinski definition) is 7. The van der Waals surface area contributed by atoms with Gasteiger partial charge in [0, 0.05) is 71.7 Å². The van der Waals surface area contributed by atoms with Crippen LogP contribution in [-0.4, -0.2) is 43.0 Å². The number of nitrogen functional groups attached to an aromatic ring is 1. The van der Waals surface area contributed by atoms with Crippen LogP contribution in [0.15, 0.2) is 84.9 Å². The van der Waals surface area contributed by atoms with Gasteiger partial charge in [-0.2, -0.15) is 10.5 Å². The number of nitriles is 2. The fraction of sp³-hybridized carbons (Fsp3) is 0.222. The van der Waals surface area contributed by atoms with E-state index in [1.54, 1.807) is 26.4 Å². The van der Waals surface area contributed by atoms with Gasteiger partial charge in [0.1, 0.15) is 35.0 Å². The zero-order valence-corrected chi connectivity index (χ0v) is 31.4. The Morgan fingerprint density at radius 1 is 0.709 bits per heavy atom. The van der Waals surface area contributed by atoms with E-state index in [4.69, 9.17) is 19.9 Å². The van der Waals surface area contributed by atoms with Gasteiger partial charge in [-0.05, 0) is 111 Å². The van der Waals surface area contributed by atoms with Gasteiger partial charge in [0.25, 0.3) is 0 Å². The predicted octanol–water partition coefficient (Wildman–Crippen LogP) is 7.83. The van der Waals surface area contributed by atoms with Gasteiger partial charge in [-0.15, -0.1) is 0 Å². The first-order valence-corrected chi connectivity index (χ1v) is 17.9. The van der Waals surface area contributed by atoms with Crippen LogP contribution in [0, 0.1) is 46.3 Å². The highest BCUT2D eigenvalue weighted by Gasteiger charge is 2.17. The number of nitrogens with zero attached hydrogens (tertiary/aromatic N) is 4. The molecule has 4 aromatic carbocycles. The highest BCUT2D eigenvalue weighted by atomic mass is 16.5. The number of amides is 1. The second kappa shape index (κ2) is 19.1. The number of methoxy groups -OCH3 is 2. The zero-order valence-electron chi connectivity index (χ0n) is 31.4. The molecule has 0 aliphatic carbocycles. The van der Waals surface area contributed by atoms with Crippen LogP contribution in [0.1, 0.15) is 60.3 Å². The van der Waals surface area contributed by atoms with Crippen LogP contribution in [0.2, 0.25) is 0 Å². The monoisotopic (exact) mass is 730 g/mol. The number of hydrogen-bond donors (Lipinski definition) is 2. The molecule has 55 heavy (non-hydrogen) atoms. The van der Waals surface area contributed by atoms with Gasteiger partial charge in [-0.25, -0.2) is 0 Å². The third kappa shape index (κ3) is 9.28. The molecule has 3 N–H and O–H groups in total. The highest BCUT2D eigenvalue weighted by molar-refractivity contribution is 5.91. The van der Waals surface area contributed by atoms with Crippen LogP contribution < -0.4 is 20.5 Å². The molecule has 0 atom stereocenters. The van der Waals surface area contributed by atoms with Crippen molar-refractivity contribution < 1.29 is 19.0 Å². The molecule has 1 aliphatic rings. The molecule has 0 spiro atoms. The topological polar surface area (TPSA) is 140 Å². The van der Waals surface area contributed by atoms with Crippen LogP contribution in [0.5, 0.6) is 11.5 Å². The molecule has 1 aliphatic heterocycles. The van der Waals surface area contributed by atoms with E-state index in [2.05, 4.69) is 41.1 Å². The SMILES string of the molecule is C1CCOC1.CCn1c(C#Cc2ccc(N)cc2)c(C#N)c2ccc(OC)cc21.CCn1c(C#Cc2ccc(NC=O)cc2)c(C#N)c2ccc(OC)cc21.